The fraction of sp³-hybridized carbons (Fsp3) is 0.500. The Morgan fingerprint density at radius 2 is 2.12 bits per heavy atom. The van der Waals surface area contributed by atoms with Crippen molar-refractivity contribution in [3.8, 4) is 5.88 Å². The van der Waals surface area contributed by atoms with Gasteiger partial charge in [0.25, 0.3) is 0 Å². The Balaban J connectivity index is 2.44. The summed E-state index contributed by atoms with van der Waals surface area (Å²) in [6, 6.07) is 4.92. The summed E-state index contributed by atoms with van der Waals surface area (Å²) < 4.78 is 40.7. The van der Waals surface area contributed by atoms with E-state index in [1.165, 1.54) is 0 Å². The molecule has 6 heteroatoms. The largest absolute Gasteiger partial charge is 0.478 e. The topological polar surface area (TPSA) is 34.1 Å². The average molecular weight is 234 g/mol. The van der Waals surface area contributed by atoms with Crippen LogP contribution in [0.3, 0.4) is 0 Å². The van der Waals surface area contributed by atoms with Crippen molar-refractivity contribution >= 4 is 5.82 Å². The number of hydrogen-bond acceptors (Lipinski definition) is 3. The van der Waals surface area contributed by atoms with Gasteiger partial charge in [0.05, 0.1) is 13.0 Å². The van der Waals surface area contributed by atoms with E-state index in [9.17, 15) is 13.2 Å². The van der Waals surface area contributed by atoms with Crippen LogP contribution in [0.5, 0.6) is 5.88 Å². The summed E-state index contributed by atoms with van der Waals surface area (Å²) in [6.07, 6.45) is -5.03. The Labute approximate surface area is 91.6 Å². The third kappa shape index (κ3) is 4.86. The van der Waals surface area contributed by atoms with E-state index in [1.807, 2.05) is 6.92 Å². The number of nitrogens with one attached hydrogen (secondary N) is 1. The van der Waals surface area contributed by atoms with Crippen molar-refractivity contribution in [2.75, 3.05) is 18.5 Å². The van der Waals surface area contributed by atoms with Crippen LogP contribution < -0.4 is 10.1 Å². The molecule has 3 nitrogen and oxygen atoms in total. The number of rotatable bonds is 5. The molecule has 0 aliphatic rings. The second kappa shape index (κ2) is 5.58. The number of hydrogen-bond donors (Lipinski definition) is 1. The minimum atomic E-state index is -4.15. The van der Waals surface area contributed by atoms with Crippen molar-refractivity contribution < 1.29 is 17.9 Å². The first-order valence-corrected chi connectivity index (χ1v) is 4.92. The van der Waals surface area contributed by atoms with E-state index >= 15 is 0 Å². The Kier molecular flexibility index (Phi) is 4.39. The molecule has 0 aromatic carbocycles. The molecular formula is C10H13F3N2O. The Bertz CT molecular complexity index is 328. The van der Waals surface area contributed by atoms with Gasteiger partial charge in [0.15, 0.2) is 0 Å². The van der Waals surface area contributed by atoms with Crippen molar-refractivity contribution in [3.63, 3.8) is 0 Å². The smallest absolute Gasteiger partial charge is 0.390 e. The molecule has 0 fully saturated rings. The van der Waals surface area contributed by atoms with E-state index in [2.05, 4.69) is 10.3 Å². The maximum atomic E-state index is 11.9. The van der Waals surface area contributed by atoms with Crippen LogP contribution in [0, 0.1) is 0 Å². The van der Waals surface area contributed by atoms with Gasteiger partial charge in [-0.2, -0.15) is 18.2 Å². The quantitative estimate of drug-likeness (QED) is 0.850. The lowest BCUT2D eigenvalue weighted by Crippen LogP contribution is -2.15. The molecule has 1 rings (SSSR count). The number of anilines is 1. The van der Waals surface area contributed by atoms with Gasteiger partial charge >= 0.3 is 6.18 Å². The molecular weight excluding hydrogens is 221 g/mol. The second-order valence-electron chi connectivity index (χ2n) is 3.09. The van der Waals surface area contributed by atoms with E-state index in [-0.39, 0.29) is 6.54 Å². The highest BCUT2D eigenvalue weighted by Crippen LogP contribution is 2.19. The van der Waals surface area contributed by atoms with Crippen LogP contribution in [-0.4, -0.2) is 24.3 Å². The van der Waals surface area contributed by atoms with Gasteiger partial charge in [0, 0.05) is 12.6 Å². The van der Waals surface area contributed by atoms with Crippen molar-refractivity contribution in [2.45, 2.75) is 19.5 Å². The molecule has 0 bridgehead atoms. The van der Waals surface area contributed by atoms with E-state index in [4.69, 9.17) is 4.74 Å². The summed E-state index contributed by atoms with van der Waals surface area (Å²) in [5, 5.41) is 2.59. The number of alkyl halides is 3. The molecule has 0 saturated heterocycles. The summed E-state index contributed by atoms with van der Waals surface area (Å²) in [5.74, 6) is 0.787. The van der Waals surface area contributed by atoms with Gasteiger partial charge in [0.1, 0.15) is 5.82 Å². The highest BCUT2D eigenvalue weighted by atomic mass is 19.4. The third-order valence-electron chi connectivity index (χ3n) is 1.73. The molecule has 0 aliphatic carbocycles. The summed E-state index contributed by atoms with van der Waals surface area (Å²) in [7, 11) is 0. The molecule has 0 unspecified atom stereocenters. The average Bonchev–Trinajstić information content (AvgIpc) is 2.17. The third-order valence-corrected chi connectivity index (χ3v) is 1.73. The fourth-order valence-corrected chi connectivity index (χ4v) is 1.07. The van der Waals surface area contributed by atoms with E-state index < -0.39 is 12.6 Å². The number of nitrogens with zero attached hydrogens (tertiary/aromatic N) is 1. The van der Waals surface area contributed by atoms with Crippen molar-refractivity contribution in [2.24, 2.45) is 0 Å². The molecule has 0 spiro atoms. The molecule has 0 aliphatic heterocycles. The predicted molar refractivity (Wildman–Crippen MR) is 54.6 cm³/mol. The Morgan fingerprint density at radius 1 is 1.38 bits per heavy atom. The van der Waals surface area contributed by atoms with Gasteiger partial charge in [-0.15, -0.1) is 0 Å². The lowest BCUT2D eigenvalue weighted by molar-refractivity contribution is -0.131. The molecule has 0 saturated carbocycles. The van der Waals surface area contributed by atoms with Gasteiger partial charge in [0.2, 0.25) is 5.88 Å². The highest BCUT2D eigenvalue weighted by molar-refractivity contribution is 5.36. The molecule has 0 amide bonds. The first-order chi connectivity index (χ1) is 7.51. The first kappa shape index (κ1) is 12.6. The van der Waals surface area contributed by atoms with E-state index in [0.717, 1.165) is 0 Å². The van der Waals surface area contributed by atoms with Crippen molar-refractivity contribution in [3.05, 3.63) is 18.2 Å². The van der Waals surface area contributed by atoms with Gasteiger partial charge in [-0.25, -0.2) is 0 Å². The summed E-state index contributed by atoms with van der Waals surface area (Å²) in [6.45, 7) is 2.09. The zero-order valence-corrected chi connectivity index (χ0v) is 8.84. The molecule has 0 atom stereocenters. The summed E-state index contributed by atoms with van der Waals surface area (Å²) >= 11 is 0. The number of ether oxygens (including phenoxy) is 1. The normalized spacial score (nSPS) is 11.2. The van der Waals surface area contributed by atoms with Gasteiger partial charge in [-0.05, 0) is 13.0 Å². The summed E-state index contributed by atoms with van der Waals surface area (Å²) in [4.78, 5) is 3.98. The van der Waals surface area contributed by atoms with Crippen LogP contribution in [-0.2, 0) is 0 Å². The van der Waals surface area contributed by atoms with Gasteiger partial charge in [-0.1, -0.05) is 6.07 Å². The predicted octanol–water partition coefficient (Wildman–Crippen LogP) is 2.84. The van der Waals surface area contributed by atoms with Crippen LogP contribution in [0.25, 0.3) is 0 Å². The molecule has 1 N–H and O–H groups in total. The maximum Gasteiger partial charge on any atom is 0.390 e. The molecule has 1 aromatic heterocycles. The maximum absolute atomic E-state index is 11.9. The lowest BCUT2D eigenvalue weighted by atomic mass is 10.4. The minimum Gasteiger partial charge on any atom is -0.478 e. The Morgan fingerprint density at radius 3 is 2.75 bits per heavy atom. The minimum absolute atomic E-state index is 0.188. The van der Waals surface area contributed by atoms with Crippen molar-refractivity contribution in [1.82, 2.24) is 4.98 Å². The van der Waals surface area contributed by atoms with E-state index in [0.29, 0.717) is 18.3 Å². The lowest BCUT2D eigenvalue weighted by Gasteiger charge is -2.09. The van der Waals surface area contributed by atoms with Crippen LogP contribution in [0.2, 0.25) is 0 Å². The van der Waals surface area contributed by atoms with Crippen LogP contribution in [0.15, 0.2) is 18.2 Å². The van der Waals surface area contributed by atoms with Crippen LogP contribution >= 0.6 is 0 Å². The number of halogens is 3. The van der Waals surface area contributed by atoms with Gasteiger partial charge in [-0.3, -0.25) is 0 Å². The molecule has 0 radical (unpaired) electrons. The SMILES string of the molecule is CCOc1cccc(NCCC(F)(F)F)n1. The molecule has 1 heterocycles. The Hall–Kier alpha value is -1.46. The van der Waals surface area contributed by atoms with Crippen LogP contribution in [0.1, 0.15) is 13.3 Å². The first-order valence-electron chi connectivity index (χ1n) is 4.92. The van der Waals surface area contributed by atoms with E-state index in [1.54, 1.807) is 18.2 Å². The van der Waals surface area contributed by atoms with Crippen LogP contribution in [0.4, 0.5) is 19.0 Å². The molecule has 16 heavy (non-hydrogen) atoms. The zero-order valence-electron chi connectivity index (χ0n) is 8.84. The monoisotopic (exact) mass is 234 g/mol. The number of aromatic nitrogens is 1. The van der Waals surface area contributed by atoms with Crippen molar-refractivity contribution in [1.29, 1.82) is 0 Å². The highest BCUT2D eigenvalue weighted by Gasteiger charge is 2.26. The summed E-state index contributed by atoms with van der Waals surface area (Å²) in [5.41, 5.74) is 0. The molecule has 90 valence electrons. The standard InChI is InChI=1S/C10H13F3N2O/c1-2-16-9-5-3-4-8(15-9)14-7-6-10(11,12)13/h3-5H,2,6-7H2,1H3,(H,14,15). The number of pyridine rings is 1. The second-order valence-corrected chi connectivity index (χ2v) is 3.09. The van der Waals surface area contributed by atoms with Gasteiger partial charge < -0.3 is 10.1 Å². The fourth-order valence-electron chi connectivity index (χ4n) is 1.07. The zero-order chi connectivity index (χ0) is 12.0. The molecule has 1 aromatic rings.